The van der Waals surface area contributed by atoms with Gasteiger partial charge in [-0.15, -0.1) is 0 Å². The van der Waals surface area contributed by atoms with E-state index in [-0.39, 0.29) is 18.3 Å². The molecular formula is C28H26N4O4. The van der Waals surface area contributed by atoms with Crippen LogP contribution in [0, 0.1) is 0 Å². The van der Waals surface area contributed by atoms with Crippen LogP contribution in [0.25, 0.3) is 11.1 Å². The number of benzene rings is 3. The number of rotatable bonds is 7. The number of hydrogen-bond donors (Lipinski definition) is 1. The number of amides is 1. The fourth-order valence-electron chi connectivity index (χ4n) is 4.39. The zero-order valence-electron chi connectivity index (χ0n) is 19.8. The number of nitrogens with zero attached hydrogens (tertiary/aromatic N) is 4. The largest absolute Gasteiger partial charge is 0.399 e. The van der Waals surface area contributed by atoms with Gasteiger partial charge in [-0.2, -0.15) is 4.98 Å². The summed E-state index contributed by atoms with van der Waals surface area (Å²) >= 11 is 0. The molecule has 0 aliphatic carbocycles. The van der Waals surface area contributed by atoms with Gasteiger partial charge < -0.3 is 19.4 Å². The van der Waals surface area contributed by atoms with E-state index in [0.717, 1.165) is 16.7 Å². The summed E-state index contributed by atoms with van der Waals surface area (Å²) in [4.78, 5) is 24.6. The summed E-state index contributed by atoms with van der Waals surface area (Å²) < 4.78 is 5.38. The van der Waals surface area contributed by atoms with Crippen LogP contribution in [0.3, 0.4) is 0 Å². The third-order valence-corrected chi connectivity index (χ3v) is 6.19. The van der Waals surface area contributed by atoms with Gasteiger partial charge in [0.15, 0.2) is 5.82 Å². The predicted molar refractivity (Wildman–Crippen MR) is 134 cm³/mol. The summed E-state index contributed by atoms with van der Waals surface area (Å²) in [5, 5.41) is 18.8. The number of carbonyl (C=O) groups is 1. The molecule has 8 heteroatoms. The van der Waals surface area contributed by atoms with E-state index in [2.05, 4.69) is 15.3 Å². The van der Waals surface area contributed by atoms with Crippen molar-refractivity contribution in [2.45, 2.75) is 25.0 Å². The lowest BCUT2D eigenvalue weighted by molar-refractivity contribution is 0.0732. The van der Waals surface area contributed by atoms with Crippen LogP contribution in [0.5, 0.6) is 0 Å². The van der Waals surface area contributed by atoms with Crippen LogP contribution in [0.4, 0.5) is 0 Å². The van der Waals surface area contributed by atoms with Crippen LogP contribution < -0.4 is 0 Å². The molecule has 36 heavy (non-hydrogen) atoms. The zero-order valence-corrected chi connectivity index (χ0v) is 19.8. The number of aliphatic hydroxyl groups is 1. The van der Waals surface area contributed by atoms with Gasteiger partial charge in [0.1, 0.15) is 19.3 Å². The van der Waals surface area contributed by atoms with E-state index in [1.807, 2.05) is 84.9 Å². The van der Waals surface area contributed by atoms with Crippen molar-refractivity contribution in [3.8, 4) is 11.1 Å². The topological polar surface area (TPSA) is 101 Å². The highest BCUT2D eigenvalue weighted by Crippen LogP contribution is 2.32. The fraction of sp³-hybridized carbons (Fsp3) is 0.214. The van der Waals surface area contributed by atoms with Crippen molar-refractivity contribution in [2.75, 3.05) is 13.7 Å². The van der Waals surface area contributed by atoms with Crippen molar-refractivity contribution in [1.29, 1.82) is 0 Å². The van der Waals surface area contributed by atoms with Crippen molar-refractivity contribution >= 4 is 11.6 Å². The standard InChI is InChI=1S/C28H26N4O4/c1-35-30-23-17-24(26-29-27(36-31-26)25(33)16-19-8-4-2-5-9-19)32(18-23)28(34)22-14-12-21(13-15-22)20-10-6-3-7-11-20/h2-15,24-25,33H,16-18H2,1H3. The number of aliphatic hydroxyl groups excluding tert-OH is 1. The van der Waals surface area contributed by atoms with Gasteiger partial charge in [0.25, 0.3) is 11.8 Å². The Labute approximate surface area is 208 Å². The van der Waals surface area contributed by atoms with Crippen molar-refractivity contribution < 1.29 is 19.3 Å². The first-order valence-electron chi connectivity index (χ1n) is 11.7. The van der Waals surface area contributed by atoms with E-state index >= 15 is 0 Å². The summed E-state index contributed by atoms with van der Waals surface area (Å²) in [6.45, 7) is 0.286. The van der Waals surface area contributed by atoms with Crippen LogP contribution in [0.1, 0.15) is 46.2 Å². The second-order valence-corrected chi connectivity index (χ2v) is 8.63. The van der Waals surface area contributed by atoms with Gasteiger partial charge in [-0.3, -0.25) is 4.79 Å². The molecule has 1 aromatic heterocycles. The molecule has 182 valence electrons. The Morgan fingerprint density at radius 1 is 1.06 bits per heavy atom. The number of hydrogen-bond acceptors (Lipinski definition) is 7. The van der Waals surface area contributed by atoms with Gasteiger partial charge >= 0.3 is 0 Å². The molecule has 1 fully saturated rings. The molecule has 2 unspecified atom stereocenters. The van der Waals surface area contributed by atoms with E-state index in [9.17, 15) is 9.90 Å². The third kappa shape index (κ3) is 5.04. The Kier molecular flexibility index (Phi) is 6.86. The summed E-state index contributed by atoms with van der Waals surface area (Å²) in [6, 6.07) is 26.6. The molecule has 1 amide bonds. The lowest BCUT2D eigenvalue weighted by Gasteiger charge is -2.21. The number of likely N-dealkylation sites (tertiary alicyclic amines) is 1. The minimum Gasteiger partial charge on any atom is -0.399 e. The minimum absolute atomic E-state index is 0.116. The second kappa shape index (κ2) is 10.5. The highest BCUT2D eigenvalue weighted by Gasteiger charge is 2.38. The molecule has 2 heterocycles. The first-order chi connectivity index (χ1) is 17.6. The Hall–Kier alpha value is -4.30. The molecule has 0 bridgehead atoms. The maximum Gasteiger partial charge on any atom is 0.255 e. The monoisotopic (exact) mass is 482 g/mol. The molecule has 1 saturated heterocycles. The molecule has 1 aliphatic rings. The summed E-state index contributed by atoms with van der Waals surface area (Å²) in [5.74, 6) is 0.273. The zero-order chi connectivity index (χ0) is 24.9. The third-order valence-electron chi connectivity index (χ3n) is 6.19. The summed E-state index contributed by atoms with van der Waals surface area (Å²) in [6.07, 6.45) is -0.188. The van der Waals surface area contributed by atoms with E-state index in [0.29, 0.717) is 29.9 Å². The van der Waals surface area contributed by atoms with Gasteiger partial charge in [0, 0.05) is 18.4 Å². The van der Waals surface area contributed by atoms with Crippen molar-refractivity contribution in [2.24, 2.45) is 5.16 Å². The molecule has 5 rings (SSSR count). The smallest absolute Gasteiger partial charge is 0.255 e. The number of carbonyl (C=O) groups excluding carboxylic acids is 1. The quantitative estimate of drug-likeness (QED) is 0.386. The van der Waals surface area contributed by atoms with E-state index < -0.39 is 12.1 Å². The number of oxime groups is 1. The maximum atomic E-state index is 13.5. The Morgan fingerprint density at radius 3 is 2.42 bits per heavy atom. The lowest BCUT2D eigenvalue weighted by Crippen LogP contribution is -2.31. The van der Waals surface area contributed by atoms with Crippen LogP contribution >= 0.6 is 0 Å². The molecule has 8 nitrogen and oxygen atoms in total. The SMILES string of the molecule is CON=C1CC(c2noc(C(O)Cc3ccccc3)n2)N(C(=O)c2ccc(-c3ccccc3)cc2)C1. The highest BCUT2D eigenvalue weighted by atomic mass is 16.6. The second-order valence-electron chi connectivity index (χ2n) is 8.63. The molecule has 0 spiro atoms. The maximum absolute atomic E-state index is 13.5. The van der Waals surface area contributed by atoms with E-state index in [1.165, 1.54) is 7.11 Å². The first-order valence-corrected chi connectivity index (χ1v) is 11.7. The molecule has 0 radical (unpaired) electrons. The highest BCUT2D eigenvalue weighted by molar-refractivity contribution is 6.00. The summed E-state index contributed by atoms with van der Waals surface area (Å²) in [5.41, 5.74) is 4.32. The van der Waals surface area contributed by atoms with E-state index in [4.69, 9.17) is 9.36 Å². The van der Waals surface area contributed by atoms with Gasteiger partial charge in [-0.25, -0.2) is 0 Å². The normalized spacial score (nSPS) is 17.3. The molecule has 4 aromatic rings. The van der Waals surface area contributed by atoms with Crippen molar-refractivity contribution in [1.82, 2.24) is 15.0 Å². The average molecular weight is 483 g/mol. The fourth-order valence-corrected chi connectivity index (χ4v) is 4.39. The van der Waals surface area contributed by atoms with Crippen molar-refractivity contribution in [3.63, 3.8) is 0 Å². The lowest BCUT2D eigenvalue weighted by atomic mass is 10.0. The Bertz CT molecular complexity index is 1340. The van der Waals surface area contributed by atoms with Gasteiger partial charge in [-0.05, 0) is 28.8 Å². The predicted octanol–water partition coefficient (Wildman–Crippen LogP) is 4.60. The Balaban J connectivity index is 1.36. The van der Waals surface area contributed by atoms with Crippen LogP contribution in [0.2, 0.25) is 0 Å². The first kappa shape index (κ1) is 23.4. The average Bonchev–Trinajstić information content (AvgIpc) is 3.57. The summed E-state index contributed by atoms with van der Waals surface area (Å²) in [7, 11) is 1.47. The molecule has 3 aromatic carbocycles. The minimum atomic E-state index is -0.947. The number of aromatic nitrogens is 2. The van der Waals surface area contributed by atoms with Crippen molar-refractivity contribution in [3.05, 3.63) is 108 Å². The molecule has 2 atom stereocenters. The van der Waals surface area contributed by atoms with E-state index in [1.54, 1.807) is 4.90 Å². The molecule has 0 saturated carbocycles. The molecule has 1 aliphatic heterocycles. The molecular weight excluding hydrogens is 456 g/mol. The van der Waals surface area contributed by atoms with Crippen LogP contribution in [-0.2, 0) is 11.3 Å². The van der Waals surface area contributed by atoms with Crippen LogP contribution in [-0.4, -0.2) is 45.4 Å². The van der Waals surface area contributed by atoms with Gasteiger partial charge in [0.2, 0.25) is 0 Å². The van der Waals surface area contributed by atoms with Crippen LogP contribution in [0.15, 0.2) is 94.6 Å². The van der Waals surface area contributed by atoms with Gasteiger partial charge in [-0.1, -0.05) is 83.1 Å². The van der Waals surface area contributed by atoms with Gasteiger partial charge in [0.05, 0.1) is 12.3 Å². The molecule has 1 N–H and O–H groups in total. The Morgan fingerprint density at radius 2 is 1.72 bits per heavy atom.